The van der Waals surface area contributed by atoms with E-state index >= 15 is 0 Å². The Kier molecular flexibility index (Phi) is 6.68. The zero-order valence-corrected chi connectivity index (χ0v) is 20.4. The second kappa shape index (κ2) is 7.45. The topological polar surface area (TPSA) is 9.23 Å². The quantitative estimate of drug-likeness (QED) is 0.223. The van der Waals surface area contributed by atoms with E-state index in [4.69, 9.17) is 4.74 Å². The van der Waals surface area contributed by atoms with Crippen molar-refractivity contribution in [2.75, 3.05) is 0 Å². The van der Waals surface area contributed by atoms with Crippen LogP contribution in [0.4, 0.5) is 0 Å². The molecule has 20 heavy (non-hydrogen) atoms. The number of rotatable bonds is 2. The van der Waals surface area contributed by atoms with Gasteiger partial charge in [-0.3, -0.25) is 0 Å². The molecule has 2 aromatic rings. The standard InChI is InChI=1S/C12H3Br7O/c13-4-1-2-5(14)12(9(4)17)20-7-3-6(15)8(16)11(19)10(7)18/h1-3H. The van der Waals surface area contributed by atoms with Crippen LogP contribution in [0.5, 0.6) is 11.5 Å². The van der Waals surface area contributed by atoms with Crippen LogP contribution in [-0.2, 0) is 0 Å². The van der Waals surface area contributed by atoms with Gasteiger partial charge in [-0.1, -0.05) is 0 Å². The third-order valence-electron chi connectivity index (χ3n) is 2.28. The summed E-state index contributed by atoms with van der Waals surface area (Å²) in [6.07, 6.45) is 0. The summed E-state index contributed by atoms with van der Waals surface area (Å²) in [4.78, 5) is 0. The molecule has 0 amide bonds. The van der Waals surface area contributed by atoms with Gasteiger partial charge in [0.25, 0.3) is 0 Å². The van der Waals surface area contributed by atoms with Crippen molar-refractivity contribution in [3.05, 3.63) is 49.5 Å². The molecule has 0 aliphatic rings. The summed E-state index contributed by atoms with van der Waals surface area (Å²) in [6, 6.07) is 5.74. The highest BCUT2D eigenvalue weighted by Crippen LogP contribution is 2.47. The van der Waals surface area contributed by atoms with Crippen molar-refractivity contribution in [2.45, 2.75) is 0 Å². The van der Waals surface area contributed by atoms with Crippen molar-refractivity contribution >= 4 is 112 Å². The molecule has 2 aromatic carbocycles. The monoisotopic (exact) mass is 715 g/mol. The van der Waals surface area contributed by atoms with Crippen molar-refractivity contribution in [2.24, 2.45) is 0 Å². The van der Waals surface area contributed by atoms with Crippen molar-refractivity contribution in [1.29, 1.82) is 0 Å². The molecule has 0 heterocycles. The van der Waals surface area contributed by atoms with Gasteiger partial charge in [0.05, 0.1) is 17.9 Å². The Morgan fingerprint density at radius 2 is 1.20 bits per heavy atom. The van der Waals surface area contributed by atoms with Crippen LogP contribution in [0.3, 0.4) is 0 Å². The summed E-state index contributed by atoms with van der Waals surface area (Å²) < 4.78 is 12.2. The Hall–Kier alpha value is 1.60. The SMILES string of the molecule is Brc1cc(Oc2c(Br)ccc(Br)c2Br)c(Br)c(Br)c1Br. The highest BCUT2D eigenvalue weighted by molar-refractivity contribution is 9.15. The lowest BCUT2D eigenvalue weighted by molar-refractivity contribution is 0.472. The summed E-state index contributed by atoms with van der Waals surface area (Å²) in [6.45, 7) is 0. The number of halogens is 7. The predicted octanol–water partition coefficient (Wildman–Crippen LogP) is 8.82. The molecule has 0 fully saturated rings. The van der Waals surface area contributed by atoms with Crippen molar-refractivity contribution in [1.82, 2.24) is 0 Å². The fraction of sp³-hybridized carbons (Fsp3) is 0. The first kappa shape index (κ1) is 17.9. The molecule has 2 rings (SSSR count). The van der Waals surface area contributed by atoms with E-state index < -0.39 is 0 Å². The molecule has 0 N–H and O–H groups in total. The summed E-state index contributed by atoms with van der Waals surface area (Å²) in [5.41, 5.74) is 0. The lowest BCUT2D eigenvalue weighted by atomic mass is 10.3. The second-order valence-corrected chi connectivity index (χ2v) is 9.31. The second-order valence-electron chi connectivity index (χ2n) is 3.57. The van der Waals surface area contributed by atoms with Crippen LogP contribution < -0.4 is 4.74 Å². The fourth-order valence-corrected chi connectivity index (χ4v) is 4.81. The van der Waals surface area contributed by atoms with Gasteiger partial charge in [-0.25, -0.2) is 0 Å². The third-order valence-corrected chi connectivity index (χ3v) is 9.51. The molecule has 0 radical (unpaired) electrons. The molecule has 0 aromatic heterocycles. The van der Waals surface area contributed by atoms with Gasteiger partial charge in [-0.15, -0.1) is 0 Å². The normalized spacial score (nSPS) is 10.8. The lowest BCUT2D eigenvalue weighted by Gasteiger charge is -2.14. The van der Waals surface area contributed by atoms with E-state index in [1.54, 1.807) is 0 Å². The molecular weight excluding hydrogens is 719 g/mol. The maximum absolute atomic E-state index is 6.02. The number of hydrogen-bond acceptors (Lipinski definition) is 1. The lowest BCUT2D eigenvalue weighted by Crippen LogP contribution is -1.91. The number of hydrogen-bond donors (Lipinski definition) is 0. The van der Waals surface area contributed by atoms with E-state index in [1.807, 2.05) is 18.2 Å². The maximum Gasteiger partial charge on any atom is 0.156 e. The molecule has 0 saturated carbocycles. The maximum atomic E-state index is 6.02. The van der Waals surface area contributed by atoms with Gasteiger partial charge in [0, 0.05) is 13.4 Å². The number of ether oxygens (including phenoxy) is 1. The van der Waals surface area contributed by atoms with E-state index in [1.165, 1.54) is 0 Å². The largest absolute Gasteiger partial charge is 0.454 e. The van der Waals surface area contributed by atoms with Gasteiger partial charge in [-0.2, -0.15) is 0 Å². The van der Waals surface area contributed by atoms with Crippen molar-refractivity contribution in [3.8, 4) is 11.5 Å². The summed E-state index contributed by atoms with van der Waals surface area (Å²) in [5.74, 6) is 1.38. The van der Waals surface area contributed by atoms with Gasteiger partial charge in [-0.05, 0) is 130 Å². The first-order valence-corrected chi connectivity index (χ1v) is 10.5. The third kappa shape index (κ3) is 3.74. The van der Waals surface area contributed by atoms with Gasteiger partial charge in [0.2, 0.25) is 0 Å². The van der Waals surface area contributed by atoms with E-state index in [0.717, 1.165) is 31.3 Å². The number of benzene rings is 2. The first-order valence-electron chi connectivity index (χ1n) is 4.97. The summed E-state index contributed by atoms with van der Waals surface area (Å²) in [7, 11) is 0. The minimum atomic E-state index is 0.687. The van der Waals surface area contributed by atoms with Crippen molar-refractivity contribution < 1.29 is 4.74 Å². The van der Waals surface area contributed by atoms with Gasteiger partial charge in [0.15, 0.2) is 5.75 Å². The molecule has 8 heteroatoms. The zero-order chi connectivity index (χ0) is 15.0. The van der Waals surface area contributed by atoms with E-state index in [9.17, 15) is 0 Å². The molecule has 0 spiro atoms. The summed E-state index contributed by atoms with van der Waals surface area (Å²) >= 11 is 24.5. The highest BCUT2D eigenvalue weighted by atomic mass is 79.9. The average molecular weight is 722 g/mol. The minimum absolute atomic E-state index is 0.687. The average Bonchev–Trinajstić information content (AvgIpc) is 2.42. The Balaban J connectivity index is 2.54. The Bertz CT molecular complexity index is 684. The van der Waals surface area contributed by atoms with Crippen molar-refractivity contribution in [3.63, 3.8) is 0 Å². The minimum Gasteiger partial charge on any atom is -0.454 e. The van der Waals surface area contributed by atoms with Crippen LogP contribution in [0.25, 0.3) is 0 Å². The van der Waals surface area contributed by atoms with E-state index in [-0.39, 0.29) is 0 Å². The Labute approximate surface area is 175 Å². The van der Waals surface area contributed by atoms with Crippen LogP contribution in [0.15, 0.2) is 49.5 Å². The molecule has 0 atom stereocenters. The van der Waals surface area contributed by atoms with E-state index in [0.29, 0.717) is 11.5 Å². The van der Waals surface area contributed by atoms with Gasteiger partial charge >= 0.3 is 0 Å². The Morgan fingerprint density at radius 3 is 1.85 bits per heavy atom. The highest BCUT2D eigenvalue weighted by Gasteiger charge is 2.17. The molecule has 0 aliphatic carbocycles. The first-order chi connectivity index (χ1) is 9.32. The van der Waals surface area contributed by atoms with Gasteiger partial charge in [0.1, 0.15) is 5.75 Å². The molecule has 0 aliphatic heterocycles. The molecular formula is C12H3Br7O. The zero-order valence-electron chi connectivity index (χ0n) is 9.29. The van der Waals surface area contributed by atoms with Crippen LogP contribution in [0.2, 0.25) is 0 Å². The molecule has 0 unspecified atom stereocenters. The molecule has 0 bridgehead atoms. The van der Waals surface area contributed by atoms with Gasteiger partial charge < -0.3 is 4.74 Å². The van der Waals surface area contributed by atoms with Crippen LogP contribution in [-0.4, -0.2) is 0 Å². The van der Waals surface area contributed by atoms with Crippen LogP contribution in [0, 0.1) is 0 Å². The predicted molar refractivity (Wildman–Crippen MR) is 107 cm³/mol. The summed E-state index contributed by atoms with van der Waals surface area (Å²) in [5, 5.41) is 0. The van der Waals surface area contributed by atoms with Crippen LogP contribution in [0.1, 0.15) is 0 Å². The molecule has 1 nitrogen and oxygen atoms in total. The van der Waals surface area contributed by atoms with Crippen LogP contribution >= 0.6 is 112 Å². The molecule has 0 saturated heterocycles. The molecule has 106 valence electrons. The smallest absolute Gasteiger partial charge is 0.156 e. The fourth-order valence-electron chi connectivity index (χ4n) is 1.34. The van der Waals surface area contributed by atoms with E-state index in [2.05, 4.69) is 112 Å². The Morgan fingerprint density at radius 1 is 0.600 bits per heavy atom.